The highest BCUT2D eigenvalue weighted by molar-refractivity contribution is 5.77. The van der Waals surface area contributed by atoms with Gasteiger partial charge < -0.3 is 9.73 Å². The molecule has 1 N–H and O–H groups in total. The van der Waals surface area contributed by atoms with E-state index in [0.717, 1.165) is 24.4 Å². The summed E-state index contributed by atoms with van der Waals surface area (Å²) in [6.07, 6.45) is 2.39. The summed E-state index contributed by atoms with van der Waals surface area (Å²) < 4.78 is 5.88. The van der Waals surface area contributed by atoms with Crippen LogP contribution in [0.3, 0.4) is 0 Å². The fraction of sp³-hybridized carbons (Fsp3) is 0.385. The molecule has 0 saturated carbocycles. The lowest BCUT2D eigenvalue weighted by molar-refractivity contribution is 0.397. The highest BCUT2D eigenvalue weighted by Gasteiger charge is 2.18. The number of fused-ring (bicyclic) bond motifs is 1. The maximum atomic E-state index is 5.88. The molecule has 0 aliphatic carbocycles. The fourth-order valence-corrected chi connectivity index (χ4v) is 2.31. The molecule has 1 aliphatic heterocycles. The van der Waals surface area contributed by atoms with Gasteiger partial charge >= 0.3 is 0 Å². The summed E-state index contributed by atoms with van der Waals surface area (Å²) in [5.74, 6) is 1.77. The maximum absolute atomic E-state index is 5.88. The Morgan fingerprint density at radius 2 is 1.93 bits per heavy atom. The number of hydrogen-bond donors (Lipinski definition) is 1. The summed E-state index contributed by atoms with van der Waals surface area (Å²) >= 11 is 0. The molecule has 3 rings (SSSR count). The molecule has 1 aromatic heterocycles. The lowest BCUT2D eigenvalue weighted by Crippen LogP contribution is -2.26. The molecule has 0 unspecified atom stereocenters. The minimum atomic E-state index is 0.610. The molecule has 2 aromatic rings. The van der Waals surface area contributed by atoms with E-state index in [1.807, 2.05) is 12.1 Å². The molecule has 0 spiro atoms. The van der Waals surface area contributed by atoms with Gasteiger partial charge in [-0.2, -0.15) is 0 Å². The molecule has 2 heterocycles. The van der Waals surface area contributed by atoms with Crippen molar-refractivity contribution >= 4 is 11.0 Å². The van der Waals surface area contributed by atoms with Crippen molar-refractivity contribution in [2.45, 2.75) is 18.8 Å². The number of hydrogen-bond acceptors (Lipinski definition) is 2. The molecule has 78 valence electrons. The molecule has 0 radical (unpaired) electrons. The smallest absolute Gasteiger partial charge is 0.134 e. The Bertz CT molecular complexity index is 421. The van der Waals surface area contributed by atoms with Crippen molar-refractivity contribution in [3.63, 3.8) is 0 Å². The van der Waals surface area contributed by atoms with E-state index in [1.165, 1.54) is 18.2 Å². The van der Waals surface area contributed by atoms with Gasteiger partial charge in [0.2, 0.25) is 0 Å². The molecule has 2 heteroatoms. The highest BCUT2D eigenvalue weighted by atomic mass is 16.3. The van der Waals surface area contributed by atoms with Gasteiger partial charge in [-0.05, 0) is 38.1 Å². The summed E-state index contributed by atoms with van der Waals surface area (Å²) in [6, 6.07) is 10.4. The zero-order chi connectivity index (χ0) is 10.1. The van der Waals surface area contributed by atoms with Crippen LogP contribution in [0.1, 0.15) is 24.5 Å². The lowest BCUT2D eigenvalue weighted by Gasteiger charge is -2.20. The number of benzene rings is 1. The number of para-hydroxylation sites is 1. The summed E-state index contributed by atoms with van der Waals surface area (Å²) in [6.45, 7) is 2.23. The van der Waals surface area contributed by atoms with Crippen molar-refractivity contribution in [2.75, 3.05) is 13.1 Å². The summed E-state index contributed by atoms with van der Waals surface area (Å²) in [5.41, 5.74) is 1.02. The Labute approximate surface area is 89.3 Å². The van der Waals surface area contributed by atoms with Gasteiger partial charge in [0.1, 0.15) is 11.3 Å². The Kier molecular flexibility index (Phi) is 2.22. The number of rotatable bonds is 1. The van der Waals surface area contributed by atoms with Gasteiger partial charge in [0.15, 0.2) is 0 Å². The molecule has 1 fully saturated rings. The molecule has 2 nitrogen and oxygen atoms in total. The number of piperidine rings is 1. The van der Waals surface area contributed by atoms with E-state index in [1.54, 1.807) is 0 Å². The lowest BCUT2D eigenvalue weighted by atomic mass is 9.95. The van der Waals surface area contributed by atoms with Crippen molar-refractivity contribution in [3.05, 3.63) is 36.1 Å². The molecule has 1 aliphatic rings. The van der Waals surface area contributed by atoms with Crippen molar-refractivity contribution in [3.8, 4) is 0 Å². The van der Waals surface area contributed by atoms with E-state index in [-0.39, 0.29) is 0 Å². The third kappa shape index (κ3) is 1.65. The van der Waals surface area contributed by atoms with Crippen LogP contribution < -0.4 is 5.32 Å². The second-order valence-electron chi connectivity index (χ2n) is 4.21. The second kappa shape index (κ2) is 3.70. The SMILES string of the molecule is c1ccc2oc(C3CCNCC3)cc2c1. The van der Waals surface area contributed by atoms with Gasteiger partial charge in [0.05, 0.1) is 0 Å². The Hall–Kier alpha value is -1.28. The van der Waals surface area contributed by atoms with E-state index in [0.29, 0.717) is 5.92 Å². The molecule has 0 amide bonds. The van der Waals surface area contributed by atoms with Crippen molar-refractivity contribution in [2.24, 2.45) is 0 Å². The third-order valence-corrected chi connectivity index (χ3v) is 3.19. The molecule has 15 heavy (non-hydrogen) atoms. The largest absolute Gasteiger partial charge is 0.461 e. The summed E-state index contributed by atoms with van der Waals surface area (Å²) in [5, 5.41) is 4.60. The first-order chi connectivity index (χ1) is 7.43. The predicted molar refractivity (Wildman–Crippen MR) is 61.1 cm³/mol. The Morgan fingerprint density at radius 1 is 1.13 bits per heavy atom. The first-order valence-electron chi connectivity index (χ1n) is 5.63. The summed E-state index contributed by atoms with van der Waals surface area (Å²) in [4.78, 5) is 0. The Balaban J connectivity index is 1.96. The van der Waals surface area contributed by atoms with Gasteiger partial charge in [0.25, 0.3) is 0 Å². The highest BCUT2D eigenvalue weighted by Crippen LogP contribution is 2.30. The van der Waals surface area contributed by atoms with Gasteiger partial charge in [-0.25, -0.2) is 0 Å². The van der Waals surface area contributed by atoms with E-state index < -0.39 is 0 Å². The van der Waals surface area contributed by atoms with Crippen LogP contribution in [-0.2, 0) is 0 Å². The first-order valence-corrected chi connectivity index (χ1v) is 5.63. The minimum Gasteiger partial charge on any atom is -0.461 e. The number of furan rings is 1. The van der Waals surface area contributed by atoms with Gasteiger partial charge in [-0.15, -0.1) is 0 Å². The van der Waals surface area contributed by atoms with Crippen LogP contribution in [0.5, 0.6) is 0 Å². The average molecular weight is 201 g/mol. The zero-order valence-electron chi connectivity index (χ0n) is 8.70. The first kappa shape index (κ1) is 8.98. The second-order valence-corrected chi connectivity index (χ2v) is 4.21. The van der Waals surface area contributed by atoms with E-state index in [9.17, 15) is 0 Å². The normalized spacial score (nSPS) is 18.4. The molecule has 1 aromatic carbocycles. The van der Waals surface area contributed by atoms with E-state index in [2.05, 4.69) is 23.5 Å². The monoisotopic (exact) mass is 201 g/mol. The van der Waals surface area contributed by atoms with Gasteiger partial charge in [-0.3, -0.25) is 0 Å². The molecular formula is C13H15NO. The summed E-state index contributed by atoms with van der Waals surface area (Å²) in [7, 11) is 0. The fourth-order valence-electron chi connectivity index (χ4n) is 2.31. The quantitative estimate of drug-likeness (QED) is 0.767. The van der Waals surface area contributed by atoms with E-state index >= 15 is 0 Å². The molecular weight excluding hydrogens is 186 g/mol. The number of nitrogens with one attached hydrogen (secondary N) is 1. The predicted octanol–water partition coefficient (Wildman–Crippen LogP) is 2.90. The van der Waals surface area contributed by atoms with Crippen LogP contribution in [0.25, 0.3) is 11.0 Å². The van der Waals surface area contributed by atoms with Crippen LogP contribution in [-0.4, -0.2) is 13.1 Å². The minimum absolute atomic E-state index is 0.610. The zero-order valence-corrected chi connectivity index (χ0v) is 8.70. The standard InChI is InChI=1S/C13H15NO/c1-2-4-12-11(3-1)9-13(15-12)10-5-7-14-8-6-10/h1-4,9-10,14H,5-8H2. The molecule has 1 saturated heterocycles. The molecule has 0 bridgehead atoms. The van der Waals surface area contributed by atoms with Crippen LogP contribution >= 0.6 is 0 Å². The van der Waals surface area contributed by atoms with E-state index in [4.69, 9.17) is 4.42 Å². The van der Waals surface area contributed by atoms with Crippen molar-refractivity contribution in [1.29, 1.82) is 0 Å². The Morgan fingerprint density at radius 3 is 2.73 bits per heavy atom. The van der Waals surface area contributed by atoms with Gasteiger partial charge in [-0.1, -0.05) is 18.2 Å². The third-order valence-electron chi connectivity index (χ3n) is 3.19. The molecule has 0 atom stereocenters. The van der Waals surface area contributed by atoms with Gasteiger partial charge in [0, 0.05) is 11.3 Å². The van der Waals surface area contributed by atoms with Crippen molar-refractivity contribution < 1.29 is 4.42 Å². The van der Waals surface area contributed by atoms with Crippen LogP contribution in [0.2, 0.25) is 0 Å². The average Bonchev–Trinajstić information content (AvgIpc) is 2.74. The topological polar surface area (TPSA) is 25.2 Å². The van der Waals surface area contributed by atoms with Crippen LogP contribution in [0.4, 0.5) is 0 Å². The van der Waals surface area contributed by atoms with Crippen molar-refractivity contribution in [1.82, 2.24) is 5.32 Å². The van der Waals surface area contributed by atoms with Crippen LogP contribution in [0.15, 0.2) is 34.7 Å². The maximum Gasteiger partial charge on any atom is 0.134 e. The van der Waals surface area contributed by atoms with Crippen LogP contribution in [0, 0.1) is 0 Å².